The van der Waals surface area contributed by atoms with Crippen molar-refractivity contribution in [1.29, 1.82) is 0 Å². The summed E-state index contributed by atoms with van der Waals surface area (Å²) in [5.74, 6) is -0.222. The van der Waals surface area contributed by atoms with Crippen LogP contribution in [0.5, 0.6) is 0 Å². The van der Waals surface area contributed by atoms with Crippen LogP contribution in [-0.2, 0) is 9.53 Å². The summed E-state index contributed by atoms with van der Waals surface area (Å²) in [7, 11) is 1.68. The predicted octanol–water partition coefficient (Wildman–Crippen LogP) is 3.75. The third-order valence-corrected chi connectivity index (χ3v) is 5.24. The van der Waals surface area contributed by atoms with E-state index < -0.39 is 0 Å². The van der Waals surface area contributed by atoms with Crippen LogP contribution < -0.4 is 4.90 Å². The van der Waals surface area contributed by atoms with Gasteiger partial charge in [-0.25, -0.2) is 0 Å². The summed E-state index contributed by atoms with van der Waals surface area (Å²) in [5.41, 5.74) is 3.59. The van der Waals surface area contributed by atoms with Crippen LogP contribution in [0.25, 0.3) is 0 Å². The minimum atomic E-state index is -0.193. The number of hydrogen-bond donors (Lipinski definition) is 0. The van der Waals surface area contributed by atoms with Crippen molar-refractivity contribution in [1.82, 2.24) is 4.90 Å². The Balaban J connectivity index is 1.78. The van der Waals surface area contributed by atoms with Crippen molar-refractivity contribution in [2.75, 3.05) is 25.1 Å². The Labute approximate surface area is 166 Å². The number of anilines is 1. The smallest absolute Gasteiger partial charge is 0.254 e. The molecule has 2 aromatic carbocycles. The zero-order valence-electron chi connectivity index (χ0n) is 16.6. The highest BCUT2D eigenvalue weighted by molar-refractivity contribution is 6.01. The van der Waals surface area contributed by atoms with E-state index >= 15 is 0 Å². The molecule has 1 aliphatic heterocycles. The van der Waals surface area contributed by atoms with Gasteiger partial charge in [0.1, 0.15) is 6.10 Å². The molecule has 1 aliphatic rings. The van der Waals surface area contributed by atoms with Gasteiger partial charge in [0.25, 0.3) is 5.91 Å². The van der Waals surface area contributed by atoms with Gasteiger partial charge in [-0.05, 0) is 55.3 Å². The Morgan fingerprint density at radius 3 is 2.50 bits per heavy atom. The molecule has 1 fully saturated rings. The normalized spacial score (nSPS) is 19.2. The summed E-state index contributed by atoms with van der Waals surface area (Å²) in [4.78, 5) is 28.2. The van der Waals surface area contributed by atoms with Crippen molar-refractivity contribution in [2.45, 2.75) is 26.0 Å². The van der Waals surface area contributed by atoms with Gasteiger partial charge in [-0.1, -0.05) is 30.8 Å². The van der Waals surface area contributed by atoms with Gasteiger partial charge >= 0.3 is 0 Å². The number of benzene rings is 2. The van der Waals surface area contributed by atoms with Crippen LogP contribution in [0.4, 0.5) is 5.69 Å². The van der Waals surface area contributed by atoms with E-state index in [1.54, 1.807) is 31.3 Å². The molecule has 2 unspecified atom stereocenters. The van der Waals surface area contributed by atoms with E-state index in [1.807, 2.05) is 24.0 Å². The maximum Gasteiger partial charge on any atom is 0.254 e. The highest BCUT2D eigenvalue weighted by Gasteiger charge is 2.31. The first-order chi connectivity index (χ1) is 13.4. The predicted molar refractivity (Wildman–Crippen MR) is 110 cm³/mol. The van der Waals surface area contributed by atoms with Crippen molar-refractivity contribution < 1.29 is 14.3 Å². The Hall–Kier alpha value is -2.92. The molecule has 2 atom stereocenters. The van der Waals surface area contributed by atoms with Crippen LogP contribution in [0.3, 0.4) is 0 Å². The fourth-order valence-electron chi connectivity index (χ4n) is 3.43. The van der Waals surface area contributed by atoms with Gasteiger partial charge in [-0.2, -0.15) is 0 Å². The summed E-state index contributed by atoms with van der Waals surface area (Å²) < 4.78 is 6.02. The lowest BCUT2D eigenvalue weighted by Gasteiger charge is -2.38. The largest absolute Gasteiger partial charge is 0.370 e. The number of ether oxygens (including phenoxy) is 1. The maximum atomic E-state index is 13.1. The van der Waals surface area contributed by atoms with E-state index in [0.29, 0.717) is 24.4 Å². The van der Waals surface area contributed by atoms with Crippen LogP contribution in [-0.4, -0.2) is 43.0 Å². The number of morpholine rings is 1. The fraction of sp³-hybridized carbons (Fsp3) is 0.304. The van der Waals surface area contributed by atoms with Gasteiger partial charge in [0.05, 0.1) is 19.2 Å². The standard InChI is InChI=1S/C23H26N2O3/c1-5-22(26)24(4)19-12-10-18(11-13-19)23(27)25-14-21(28-15-17(25)3)20-9-7-6-8-16(20)2/h5-13,17,21H,1,14-15H2,2-4H3. The first-order valence-corrected chi connectivity index (χ1v) is 9.40. The molecule has 0 bridgehead atoms. The van der Waals surface area contributed by atoms with E-state index in [4.69, 9.17) is 4.74 Å². The van der Waals surface area contributed by atoms with Crippen molar-refractivity contribution in [3.8, 4) is 0 Å². The second kappa shape index (κ2) is 8.40. The molecule has 0 spiro atoms. The molecular weight excluding hydrogens is 352 g/mol. The summed E-state index contributed by atoms with van der Waals surface area (Å²) in [5, 5.41) is 0. The maximum absolute atomic E-state index is 13.1. The van der Waals surface area contributed by atoms with Crippen LogP contribution in [0.2, 0.25) is 0 Å². The minimum Gasteiger partial charge on any atom is -0.370 e. The first kappa shape index (κ1) is 19.8. The molecule has 0 radical (unpaired) electrons. The van der Waals surface area contributed by atoms with E-state index in [0.717, 1.165) is 11.1 Å². The van der Waals surface area contributed by atoms with Crippen LogP contribution in [0.15, 0.2) is 61.2 Å². The molecule has 1 saturated heterocycles. The number of carbonyl (C=O) groups is 2. The topological polar surface area (TPSA) is 49.9 Å². The summed E-state index contributed by atoms with van der Waals surface area (Å²) in [6.45, 7) is 8.57. The Kier molecular flexibility index (Phi) is 5.95. The number of nitrogens with zero attached hydrogens (tertiary/aromatic N) is 2. The summed E-state index contributed by atoms with van der Waals surface area (Å²) in [6.07, 6.45) is 1.14. The highest BCUT2D eigenvalue weighted by atomic mass is 16.5. The monoisotopic (exact) mass is 378 g/mol. The van der Waals surface area contributed by atoms with Gasteiger partial charge in [-0.3, -0.25) is 9.59 Å². The average molecular weight is 378 g/mol. The number of amides is 2. The molecule has 1 heterocycles. The third-order valence-electron chi connectivity index (χ3n) is 5.24. The van der Waals surface area contributed by atoms with Crippen molar-refractivity contribution in [3.63, 3.8) is 0 Å². The molecule has 2 aromatic rings. The van der Waals surface area contributed by atoms with E-state index in [1.165, 1.54) is 11.0 Å². The molecule has 146 valence electrons. The highest BCUT2D eigenvalue weighted by Crippen LogP contribution is 2.28. The van der Waals surface area contributed by atoms with Crippen LogP contribution >= 0.6 is 0 Å². The molecule has 0 N–H and O–H groups in total. The minimum absolute atomic E-state index is 0.00235. The van der Waals surface area contributed by atoms with Gasteiger partial charge in [-0.15, -0.1) is 0 Å². The molecule has 0 aromatic heterocycles. The van der Waals surface area contributed by atoms with Crippen molar-refractivity contribution in [3.05, 3.63) is 77.9 Å². The zero-order chi connectivity index (χ0) is 20.3. The molecule has 2 amide bonds. The zero-order valence-corrected chi connectivity index (χ0v) is 16.6. The quantitative estimate of drug-likeness (QED) is 0.762. The van der Waals surface area contributed by atoms with Crippen molar-refractivity contribution >= 4 is 17.5 Å². The molecule has 5 nitrogen and oxygen atoms in total. The van der Waals surface area contributed by atoms with Crippen LogP contribution in [0, 0.1) is 6.92 Å². The van der Waals surface area contributed by atoms with E-state index in [2.05, 4.69) is 25.6 Å². The van der Waals surface area contributed by atoms with E-state index in [-0.39, 0.29) is 24.0 Å². The molecule has 0 saturated carbocycles. The van der Waals surface area contributed by atoms with Gasteiger partial charge in [0.15, 0.2) is 0 Å². The molecule has 28 heavy (non-hydrogen) atoms. The Bertz CT molecular complexity index is 876. The lowest BCUT2D eigenvalue weighted by atomic mass is 10.0. The number of rotatable bonds is 4. The lowest BCUT2D eigenvalue weighted by molar-refractivity contribution is -0.113. The van der Waals surface area contributed by atoms with Gasteiger partial charge < -0.3 is 14.5 Å². The lowest BCUT2D eigenvalue weighted by Crippen LogP contribution is -2.48. The third kappa shape index (κ3) is 3.99. The van der Waals surface area contributed by atoms with E-state index in [9.17, 15) is 9.59 Å². The molecular formula is C23H26N2O3. The fourth-order valence-corrected chi connectivity index (χ4v) is 3.43. The number of hydrogen-bond acceptors (Lipinski definition) is 3. The number of aryl methyl sites for hydroxylation is 1. The van der Waals surface area contributed by atoms with Gasteiger partial charge in [0, 0.05) is 18.3 Å². The molecule has 3 rings (SSSR count). The van der Waals surface area contributed by atoms with Crippen molar-refractivity contribution in [2.24, 2.45) is 0 Å². The van der Waals surface area contributed by atoms with Gasteiger partial charge in [0.2, 0.25) is 5.91 Å². The SMILES string of the molecule is C=CC(=O)N(C)c1ccc(C(=O)N2CC(c3ccccc3C)OCC2C)cc1. The second-order valence-electron chi connectivity index (χ2n) is 7.13. The number of likely N-dealkylation sites (N-methyl/N-ethyl adjacent to an activating group) is 1. The average Bonchev–Trinajstić information content (AvgIpc) is 2.73. The van der Waals surface area contributed by atoms with Crippen LogP contribution in [0.1, 0.15) is 34.5 Å². The first-order valence-electron chi connectivity index (χ1n) is 9.40. The Morgan fingerprint density at radius 1 is 1.18 bits per heavy atom. The molecule has 5 heteroatoms. The molecule has 0 aliphatic carbocycles. The summed E-state index contributed by atoms with van der Waals surface area (Å²) >= 11 is 0. The summed E-state index contributed by atoms with van der Waals surface area (Å²) in [6, 6.07) is 15.2. The Morgan fingerprint density at radius 2 is 1.86 bits per heavy atom. The second-order valence-corrected chi connectivity index (χ2v) is 7.13. The number of carbonyl (C=O) groups excluding carboxylic acids is 2.